The van der Waals surface area contributed by atoms with E-state index in [9.17, 15) is 5.11 Å². The summed E-state index contributed by atoms with van der Waals surface area (Å²) in [4.78, 5) is 2.36. The van der Waals surface area contributed by atoms with Gasteiger partial charge in [-0.15, -0.1) is 0 Å². The van der Waals surface area contributed by atoms with Crippen LogP contribution in [-0.2, 0) is 0 Å². The molecule has 0 radical (unpaired) electrons. The number of hydrogen-bond donors (Lipinski definition) is 3. The van der Waals surface area contributed by atoms with Gasteiger partial charge in [0.2, 0.25) is 0 Å². The molecular formula is C11H25N3O. The van der Waals surface area contributed by atoms with Crippen LogP contribution in [-0.4, -0.2) is 54.9 Å². The van der Waals surface area contributed by atoms with E-state index in [0.29, 0.717) is 18.5 Å². The monoisotopic (exact) mass is 215 g/mol. The SMILES string of the molecule is CCNC1CC(C(C)O)CN(CCN)C1. The second-order valence-corrected chi connectivity index (χ2v) is 4.54. The number of aliphatic hydroxyl groups excluding tert-OH is 1. The van der Waals surface area contributed by atoms with Gasteiger partial charge in [0.1, 0.15) is 0 Å². The normalized spacial score (nSPS) is 30.4. The van der Waals surface area contributed by atoms with Gasteiger partial charge in [-0.05, 0) is 25.8 Å². The molecule has 0 amide bonds. The maximum absolute atomic E-state index is 9.66. The highest BCUT2D eigenvalue weighted by atomic mass is 16.3. The topological polar surface area (TPSA) is 61.5 Å². The molecule has 0 saturated carbocycles. The van der Waals surface area contributed by atoms with Crippen LogP contribution in [0.15, 0.2) is 0 Å². The second-order valence-electron chi connectivity index (χ2n) is 4.54. The fraction of sp³-hybridized carbons (Fsp3) is 1.00. The minimum Gasteiger partial charge on any atom is -0.393 e. The Morgan fingerprint density at radius 2 is 2.27 bits per heavy atom. The Kier molecular flexibility index (Phi) is 5.53. The molecule has 0 aromatic rings. The second kappa shape index (κ2) is 6.43. The molecule has 3 atom stereocenters. The Morgan fingerprint density at radius 3 is 2.80 bits per heavy atom. The van der Waals surface area contributed by atoms with E-state index in [2.05, 4.69) is 17.1 Å². The van der Waals surface area contributed by atoms with Crippen LogP contribution in [0.5, 0.6) is 0 Å². The summed E-state index contributed by atoms with van der Waals surface area (Å²) < 4.78 is 0. The van der Waals surface area contributed by atoms with Crippen molar-refractivity contribution in [3.63, 3.8) is 0 Å². The first-order valence-corrected chi connectivity index (χ1v) is 6.01. The Hall–Kier alpha value is -0.160. The number of likely N-dealkylation sites (tertiary alicyclic amines) is 1. The van der Waals surface area contributed by atoms with E-state index < -0.39 is 0 Å². The maximum Gasteiger partial charge on any atom is 0.0553 e. The lowest BCUT2D eigenvalue weighted by Gasteiger charge is -2.39. The van der Waals surface area contributed by atoms with Crippen LogP contribution in [0.3, 0.4) is 0 Å². The van der Waals surface area contributed by atoms with Crippen molar-refractivity contribution in [1.29, 1.82) is 0 Å². The molecule has 0 aromatic heterocycles. The molecule has 4 heteroatoms. The molecule has 90 valence electrons. The minimum absolute atomic E-state index is 0.216. The molecule has 1 heterocycles. The number of nitrogens with zero attached hydrogens (tertiary/aromatic N) is 1. The molecule has 0 aromatic carbocycles. The van der Waals surface area contributed by atoms with Crippen LogP contribution >= 0.6 is 0 Å². The van der Waals surface area contributed by atoms with Crippen LogP contribution in [0, 0.1) is 5.92 Å². The van der Waals surface area contributed by atoms with Crippen LogP contribution < -0.4 is 11.1 Å². The molecule has 1 rings (SSSR count). The molecular weight excluding hydrogens is 190 g/mol. The Labute approximate surface area is 92.8 Å². The molecule has 4 N–H and O–H groups in total. The number of nitrogens with one attached hydrogen (secondary N) is 1. The van der Waals surface area contributed by atoms with Gasteiger partial charge in [0, 0.05) is 32.2 Å². The number of nitrogens with two attached hydrogens (primary N) is 1. The molecule has 0 aliphatic carbocycles. The first-order chi connectivity index (χ1) is 7.17. The van der Waals surface area contributed by atoms with Crippen molar-refractivity contribution in [1.82, 2.24) is 10.2 Å². The van der Waals surface area contributed by atoms with Crippen molar-refractivity contribution in [2.24, 2.45) is 11.7 Å². The van der Waals surface area contributed by atoms with E-state index in [1.165, 1.54) is 0 Å². The van der Waals surface area contributed by atoms with Gasteiger partial charge in [0.05, 0.1) is 6.10 Å². The van der Waals surface area contributed by atoms with Crippen molar-refractivity contribution in [2.45, 2.75) is 32.4 Å². The molecule has 0 bridgehead atoms. The third-order valence-electron chi connectivity index (χ3n) is 3.18. The smallest absolute Gasteiger partial charge is 0.0553 e. The Bertz CT molecular complexity index is 161. The highest BCUT2D eigenvalue weighted by Crippen LogP contribution is 2.19. The molecule has 1 saturated heterocycles. The van der Waals surface area contributed by atoms with Gasteiger partial charge in [0.25, 0.3) is 0 Å². The standard InChI is InChI=1S/C11H25N3O/c1-3-13-11-6-10(9(2)15)7-14(8-11)5-4-12/h9-11,13,15H,3-8,12H2,1-2H3. The van der Waals surface area contributed by atoms with Crippen LogP contribution in [0.4, 0.5) is 0 Å². The molecule has 1 aliphatic rings. The van der Waals surface area contributed by atoms with Gasteiger partial charge in [0.15, 0.2) is 0 Å². The summed E-state index contributed by atoms with van der Waals surface area (Å²) in [5.41, 5.74) is 5.58. The van der Waals surface area contributed by atoms with E-state index in [0.717, 1.165) is 32.6 Å². The number of piperidine rings is 1. The number of likely N-dealkylation sites (N-methyl/N-ethyl adjacent to an activating group) is 1. The average molecular weight is 215 g/mol. The van der Waals surface area contributed by atoms with Crippen molar-refractivity contribution >= 4 is 0 Å². The summed E-state index contributed by atoms with van der Waals surface area (Å²) in [6.45, 7) is 8.69. The quantitative estimate of drug-likeness (QED) is 0.585. The fourth-order valence-corrected chi connectivity index (χ4v) is 2.38. The largest absolute Gasteiger partial charge is 0.393 e. The molecule has 0 spiro atoms. The van der Waals surface area contributed by atoms with Gasteiger partial charge >= 0.3 is 0 Å². The molecule has 1 aliphatic heterocycles. The van der Waals surface area contributed by atoms with E-state index in [-0.39, 0.29) is 6.10 Å². The van der Waals surface area contributed by atoms with Crippen LogP contribution in [0.2, 0.25) is 0 Å². The van der Waals surface area contributed by atoms with Crippen LogP contribution in [0.1, 0.15) is 20.3 Å². The van der Waals surface area contributed by atoms with Crippen molar-refractivity contribution < 1.29 is 5.11 Å². The van der Waals surface area contributed by atoms with Gasteiger partial charge in [-0.2, -0.15) is 0 Å². The molecule has 4 nitrogen and oxygen atoms in total. The first-order valence-electron chi connectivity index (χ1n) is 6.01. The van der Waals surface area contributed by atoms with E-state index in [1.807, 2.05) is 6.92 Å². The third-order valence-corrected chi connectivity index (χ3v) is 3.18. The van der Waals surface area contributed by atoms with Crippen LogP contribution in [0.25, 0.3) is 0 Å². The average Bonchev–Trinajstić information content (AvgIpc) is 2.18. The van der Waals surface area contributed by atoms with Gasteiger partial charge in [-0.1, -0.05) is 6.92 Å². The Balaban J connectivity index is 2.48. The summed E-state index contributed by atoms with van der Waals surface area (Å²) >= 11 is 0. The zero-order chi connectivity index (χ0) is 11.3. The third kappa shape index (κ3) is 4.07. The number of hydrogen-bond acceptors (Lipinski definition) is 4. The summed E-state index contributed by atoms with van der Waals surface area (Å²) in [5.74, 6) is 0.384. The van der Waals surface area contributed by atoms with Crippen molar-refractivity contribution in [3.05, 3.63) is 0 Å². The zero-order valence-corrected chi connectivity index (χ0v) is 9.95. The predicted molar refractivity (Wildman–Crippen MR) is 62.7 cm³/mol. The summed E-state index contributed by atoms with van der Waals surface area (Å²) in [6, 6.07) is 0.509. The summed E-state index contributed by atoms with van der Waals surface area (Å²) in [6.07, 6.45) is 0.860. The molecule has 1 fully saturated rings. The zero-order valence-electron chi connectivity index (χ0n) is 9.95. The van der Waals surface area contributed by atoms with Gasteiger partial charge in [-0.25, -0.2) is 0 Å². The van der Waals surface area contributed by atoms with E-state index in [4.69, 9.17) is 5.73 Å². The van der Waals surface area contributed by atoms with E-state index >= 15 is 0 Å². The minimum atomic E-state index is -0.216. The van der Waals surface area contributed by atoms with Gasteiger partial charge in [-0.3, -0.25) is 0 Å². The molecule has 3 unspecified atom stereocenters. The summed E-state index contributed by atoms with van der Waals surface area (Å²) in [7, 11) is 0. The lowest BCUT2D eigenvalue weighted by atomic mass is 9.90. The number of rotatable bonds is 5. The highest BCUT2D eigenvalue weighted by molar-refractivity contribution is 4.85. The van der Waals surface area contributed by atoms with E-state index in [1.54, 1.807) is 0 Å². The van der Waals surface area contributed by atoms with Crippen molar-refractivity contribution in [3.8, 4) is 0 Å². The summed E-state index contributed by atoms with van der Waals surface area (Å²) in [5, 5.41) is 13.1. The maximum atomic E-state index is 9.66. The van der Waals surface area contributed by atoms with Gasteiger partial charge < -0.3 is 21.1 Å². The number of aliphatic hydroxyl groups is 1. The van der Waals surface area contributed by atoms with Crippen molar-refractivity contribution in [2.75, 3.05) is 32.7 Å². The lowest BCUT2D eigenvalue weighted by Crippen LogP contribution is -2.52. The Morgan fingerprint density at radius 1 is 1.53 bits per heavy atom. The first kappa shape index (κ1) is 12.9. The highest BCUT2D eigenvalue weighted by Gasteiger charge is 2.28. The molecule has 15 heavy (non-hydrogen) atoms. The predicted octanol–water partition coefficient (Wildman–Crippen LogP) is -0.374. The lowest BCUT2D eigenvalue weighted by molar-refractivity contribution is 0.0497. The fourth-order valence-electron chi connectivity index (χ4n) is 2.38.